The maximum absolute atomic E-state index is 4.35. The summed E-state index contributed by atoms with van der Waals surface area (Å²) < 4.78 is 0. The smallest absolute Gasteiger partial charge is 0.0933 e. The molecule has 0 amide bonds. The largest absolute Gasteiger partial charge is 0.370 e. The minimum Gasteiger partial charge on any atom is -0.370 e. The van der Waals surface area contributed by atoms with Gasteiger partial charge in [-0.3, -0.25) is 9.89 Å². The molecule has 0 radical (unpaired) electrons. The summed E-state index contributed by atoms with van der Waals surface area (Å²) in [6.45, 7) is 18.3. The molecule has 0 aromatic heterocycles. The Balaban J connectivity index is 4.21. The third kappa shape index (κ3) is 6.11. The highest BCUT2D eigenvalue weighted by atomic mass is 15.2. The zero-order chi connectivity index (χ0) is 12.8. The predicted molar refractivity (Wildman–Crippen MR) is 73.2 cm³/mol. The zero-order valence-corrected chi connectivity index (χ0v) is 12.1. The molecule has 0 fully saturated rings. The molecule has 16 heavy (non-hydrogen) atoms. The topological polar surface area (TPSA) is 27.6 Å². The van der Waals surface area contributed by atoms with Crippen molar-refractivity contribution in [1.29, 1.82) is 0 Å². The fraction of sp³-hybridized carbons (Fsp3) is 0.923. The van der Waals surface area contributed by atoms with Crippen LogP contribution in [0.15, 0.2) is 4.99 Å². The van der Waals surface area contributed by atoms with Gasteiger partial charge in [-0.1, -0.05) is 6.92 Å². The molecule has 1 N–H and O–H groups in total. The van der Waals surface area contributed by atoms with Crippen LogP contribution in [0.4, 0.5) is 0 Å². The van der Waals surface area contributed by atoms with E-state index in [2.05, 4.69) is 56.8 Å². The van der Waals surface area contributed by atoms with Crippen molar-refractivity contribution in [3.05, 3.63) is 0 Å². The molecule has 1 atom stereocenters. The first kappa shape index (κ1) is 15.4. The van der Waals surface area contributed by atoms with Crippen LogP contribution in [0.1, 0.15) is 48.5 Å². The molecule has 0 spiro atoms. The molecule has 96 valence electrons. The molecule has 0 saturated carbocycles. The van der Waals surface area contributed by atoms with Crippen LogP contribution in [0.3, 0.4) is 0 Å². The highest BCUT2D eigenvalue weighted by molar-refractivity contribution is 5.79. The molecule has 0 aliphatic heterocycles. The first-order valence-electron chi connectivity index (χ1n) is 6.33. The van der Waals surface area contributed by atoms with Gasteiger partial charge in [0.05, 0.1) is 5.84 Å². The number of aliphatic imine (C=N–C) groups is 1. The van der Waals surface area contributed by atoms with Crippen molar-refractivity contribution in [3.8, 4) is 0 Å². The molecule has 0 rings (SSSR count). The van der Waals surface area contributed by atoms with Gasteiger partial charge in [-0.05, 0) is 48.1 Å². The van der Waals surface area contributed by atoms with E-state index in [1.165, 1.54) is 0 Å². The molecule has 0 aromatic rings. The molecular weight excluding hydrogens is 198 g/mol. The highest BCUT2D eigenvalue weighted by Gasteiger charge is 2.21. The van der Waals surface area contributed by atoms with Gasteiger partial charge in [0.25, 0.3) is 0 Å². The second-order valence-corrected chi connectivity index (χ2v) is 5.31. The van der Waals surface area contributed by atoms with Crippen molar-refractivity contribution >= 4 is 5.84 Å². The number of hydrogen-bond acceptors (Lipinski definition) is 2. The standard InChI is InChI=1S/C13H29N3/c1-8-14-12(4)15-11(3)10-16(9-2)13(5,6)7/h11H,8-10H2,1-7H3,(H,14,15). The van der Waals surface area contributed by atoms with Crippen LogP contribution >= 0.6 is 0 Å². The molecule has 0 saturated heterocycles. The van der Waals surface area contributed by atoms with Crippen LogP contribution in [0, 0.1) is 0 Å². The summed E-state index contributed by atoms with van der Waals surface area (Å²) in [5.41, 5.74) is 0.237. The van der Waals surface area contributed by atoms with Crippen LogP contribution in [0.5, 0.6) is 0 Å². The van der Waals surface area contributed by atoms with E-state index in [9.17, 15) is 0 Å². The van der Waals surface area contributed by atoms with Crippen LogP contribution in [0.2, 0.25) is 0 Å². The first-order chi connectivity index (χ1) is 7.31. The minimum absolute atomic E-state index is 0.237. The Morgan fingerprint density at radius 1 is 1.31 bits per heavy atom. The van der Waals surface area contributed by atoms with E-state index in [-0.39, 0.29) is 5.54 Å². The monoisotopic (exact) mass is 227 g/mol. The van der Waals surface area contributed by atoms with E-state index in [0.29, 0.717) is 6.04 Å². The van der Waals surface area contributed by atoms with Gasteiger partial charge >= 0.3 is 0 Å². The average molecular weight is 227 g/mol. The molecule has 0 aliphatic rings. The second-order valence-electron chi connectivity index (χ2n) is 5.31. The Hall–Kier alpha value is -0.570. The summed E-state index contributed by atoms with van der Waals surface area (Å²) in [5.74, 6) is 1.04. The minimum atomic E-state index is 0.237. The Bertz CT molecular complexity index is 216. The van der Waals surface area contributed by atoms with Crippen LogP contribution in [-0.4, -0.2) is 42.0 Å². The Labute approximate surface area is 101 Å². The maximum Gasteiger partial charge on any atom is 0.0933 e. The van der Waals surface area contributed by atoms with Gasteiger partial charge in [0.1, 0.15) is 0 Å². The Morgan fingerprint density at radius 2 is 1.88 bits per heavy atom. The third-order valence-corrected chi connectivity index (χ3v) is 2.68. The van der Waals surface area contributed by atoms with Gasteiger partial charge in [-0.25, -0.2) is 0 Å². The maximum atomic E-state index is 4.35. The quantitative estimate of drug-likeness (QED) is 0.577. The molecular formula is C13H29N3. The average Bonchev–Trinajstić information content (AvgIpc) is 2.12. The second kappa shape index (κ2) is 6.89. The van der Waals surface area contributed by atoms with Gasteiger partial charge in [-0.2, -0.15) is 0 Å². The molecule has 0 heterocycles. The Morgan fingerprint density at radius 3 is 2.25 bits per heavy atom. The summed E-state index contributed by atoms with van der Waals surface area (Å²) >= 11 is 0. The van der Waals surface area contributed by atoms with E-state index >= 15 is 0 Å². The molecule has 1 unspecified atom stereocenters. The highest BCUT2D eigenvalue weighted by Crippen LogP contribution is 2.12. The van der Waals surface area contributed by atoms with Crippen molar-refractivity contribution in [1.82, 2.24) is 10.2 Å². The summed E-state index contributed by atoms with van der Waals surface area (Å²) in [4.78, 5) is 6.82. The van der Waals surface area contributed by atoms with E-state index in [1.807, 2.05) is 6.92 Å². The van der Waals surface area contributed by atoms with Gasteiger partial charge in [0.2, 0.25) is 0 Å². The summed E-state index contributed by atoms with van der Waals surface area (Å²) in [6.07, 6.45) is 0. The SMILES string of the molecule is CCN=C(C)NC(C)CN(CC)C(C)(C)C. The van der Waals surface area contributed by atoms with Crippen molar-refractivity contribution in [2.24, 2.45) is 4.99 Å². The van der Waals surface area contributed by atoms with E-state index in [4.69, 9.17) is 0 Å². The lowest BCUT2D eigenvalue weighted by atomic mass is 10.1. The van der Waals surface area contributed by atoms with Crippen LogP contribution in [0.25, 0.3) is 0 Å². The molecule has 0 bridgehead atoms. The van der Waals surface area contributed by atoms with Gasteiger partial charge < -0.3 is 5.32 Å². The molecule has 0 aromatic carbocycles. The van der Waals surface area contributed by atoms with E-state index < -0.39 is 0 Å². The first-order valence-corrected chi connectivity index (χ1v) is 6.33. The summed E-state index contributed by atoms with van der Waals surface area (Å²) in [7, 11) is 0. The van der Waals surface area contributed by atoms with Gasteiger partial charge in [-0.15, -0.1) is 0 Å². The number of rotatable bonds is 5. The number of hydrogen-bond donors (Lipinski definition) is 1. The number of likely N-dealkylation sites (N-methyl/N-ethyl adjacent to an activating group) is 1. The zero-order valence-electron chi connectivity index (χ0n) is 12.1. The fourth-order valence-electron chi connectivity index (χ4n) is 1.89. The number of nitrogens with zero attached hydrogens (tertiary/aromatic N) is 2. The number of nitrogens with one attached hydrogen (secondary N) is 1. The summed E-state index contributed by atoms with van der Waals surface area (Å²) in [5, 5.41) is 3.43. The van der Waals surface area contributed by atoms with Crippen LogP contribution in [-0.2, 0) is 0 Å². The third-order valence-electron chi connectivity index (χ3n) is 2.68. The number of amidine groups is 1. The van der Waals surface area contributed by atoms with E-state index in [1.54, 1.807) is 0 Å². The van der Waals surface area contributed by atoms with Crippen molar-refractivity contribution in [2.45, 2.75) is 60.0 Å². The van der Waals surface area contributed by atoms with E-state index in [0.717, 1.165) is 25.5 Å². The lowest BCUT2D eigenvalue weighted by Gasteiger charge is -2.36. The fourth-order valence-corrected chi connectivity index (χ4v) is 1.89. The normalized spacial score (nSPS) is 15.4. The van der Waals surface area contributed by atoms with Crippen molar-refractivity contribution in [2.75, 3.05) is 19.6 Å². The Kier molecular flexibility index (Phi) is 6.65. The van der Waals surface area contributed by atoms with Gasteiger partial charge in [0.15, 0.2) is 0 Å². The lowest BCUT2D eigenvalue weighted by molar-refractivity contribution is 0.135. The van der Waals surface area contributed by atoms with Crippen molar-refractivity contribution in [3.63, 3.8) is 0 Å². The van der Waals surface area contributed by atoms with Crippen LogP contribution < -0.4 is 5.32 Å². The predicted octanol–water partition coefficient (Wildman–Crippen LogP) is 2.52. The molecule has 3 nitrogen and oxygen atoms in total. The van der Waals surface area contributed by atoms with Crippen molar-refractivity contribution < 1.29 is 0 Å². The summed E-state index contributed by atoms with van der Waals surface area (Å²) in [6, 6.07) is 0.439. The molecule has 0 aliphatic carbocycles. The van der Waals surface area contributed by atoms with Gasteiger partial charge in [0, 0.05) is 24.7 Å². The lowest BCUT2D eigenvalue weighted by Crippen LogP contribution is -2.48. The molecule has 3 heteroatoms.